The summed E-state index contributed by atoms with van der Waals surface area (Å²) >= 11 is 0. The third-order valence-electron chi connectivity index (χ3n) is 9.71. The Balaban J connectivity index is 1.67. The van der Waals surface area contributed by atoms with Crippen LogP contribution in [0.15, 0.2) is 0 Å². The van der Waals surface area contributed by atoms with Crippen LogP contribution in [0, 0.1) is 39.9 Å². The van der Waals surface area contributed by atoms with Gasteiger partial charge in [-0.3, -0.25) is 4.21 Å². The Kier molecular flexibility index (Phi) is 5.13. The number of aliphatic hydroxyl groups excluding tert-OH is 1. The predicted octanol–water partition coefficient (Wildman–Crippen LogP) is 3.93. The van der Waals surface area contributed by atoms with Gasteiger partial charge in [0.2, 0.25) is 0 Å². The van der Waals surface area contributed by atoms with E-state index in [0.29, 0.717) is 28.4 Å². The van der Waals surface area contributed by atoms with Gasteiger partial charge in [0.1, 0.15) is 0 Å². The maximum atomic E-state index is 12.0. The molecule has 1 spiro atoms. The third kappa shape index (κ3) is 2.99. The van der Waals surface area contributed by atoms with Crippen LogP contribution < -0.4 is 0 Å². The molecule has 9 atom stereocenters. The summed E-state index contributed by atoms with van der Waals surface area (Å²) in [6.07, 6.45) is 11.9. The summed E-state index contributed by atoms with van der Waals surface area (Å²) < 4.78 is 12.0. The summed E-state index contributed by atoms with van der Waals surface area (Å²) in [5, 5.41) is 11.5. The zero-order valence-electron chi connectivity index (χ0n) is 18.2. The van der Waals surface area contributed by atoms with E-state index in [1.807, 2.05) is 6.26 Å². The first-order chi connectivity index (χ1) is 12.6. The van der Waals surface area contributed by atoms with E-state index in [-0.39, 0.29) is 17.4 Å². The van der Waals surface area contributed by atoms with Crippen molar-refractivity contribution in [3.05, 3.63) is 0 Å². The Bertz CT molecular complexity index is 609. The fourth-order valence-corrected chi connectivity index (χ4v) is 10.0. The molecule has 156 valence electrons. The van der Waals surface area contributed by atoms with Crippen LogP contribution in [0.2, 0.25) is 0 Å². The predicted molar refractivity (Wildman–Crippen MR) is 113 cm³/mol. The first-order valence-electron chi connectivity index (χ1n) is 11.3. The molecule has 5 aliphatic carbocycles. The van der Waals surface area contributed by atoms with E-state index < -0.39 is 10.8 Å². The van der Waals surface area contributed by atoms with Crippen LogP contribution >= 0.6 is 0 Å². The molecule has 5 saturated carbocycles. The molecular formula is C23H41NO2S. The Hall–Kier alpha value is 0.0700. The second kappa shape index (κ2) is 6.80. The van der Waals surface area contributed by atoms with E-state index in [1.165, 1.54) is 57.9 Å². The van der Waals surface area contributed by atoms with Crippen LogP contribution in [0.5, 0.6) is 0 Å². The molecule has 2 bridgehead atoms. The van der Waals surface area contributed by atoms with E-state index in [4.69, 9.17) is 0 Å². The SMILES string of the molecule is CN(C)C[C@]1(C)CCC[C@]2(C)[C@@H]1CC[C@@]13CC[C@H](C[C@@H]21)[C@H](CS(C)=O)[C@H]3O. The fourth-order valence-electron chi connectivity index (χ4n) is 9.02. The highest BCUT2D eigenvalue weighted by atomic mass is 32.2. The lowest BCUT2D eigenvalue weighted by Crippen LogP contribution is -2.67. The first kappa shape index (κ1) is 20.3. The number of hydrogen-bond acceptors (Lipinski definition) is 3. The van der Waals surface area contributed by atoms with Crippen LogP contribution in [-0.2, 0) is 10.8 Å². The summed E-state index contributed by atoms with van der Waals surface area (Å²) in [5.41, 5.74) is 0.891. The lowest BCUT2D eigenvalue weighted by molar-refractivity contribution is -0.241. The lowest BCUT2D eigenvalue weighted by atomic mass is 9.35. The van der Waals surface area contributed by atoms with Crippen molar-refractivity contribution >= 4 is 10.8 Å². The molecule has 0 aromatic heterocycles. The molecule has 0 aromatic carbocycles. The number of rotatable bonds is 4. The van der Waals surface area contributed by atoms with Gasteiger partial charge in [-0.2, -0.15) is 0 Å². The average molecular weight is 396 g/mol. The number of fused-ring (bicyclic) bond motifs is 3. The van der Waals surface area contributed by atoms with E-state index >= 15 is 0 Å². The van der Waals surface area contributed by atoms with Gasteiger partial charge < -0.3 is 10.0 Å². The quantitative estimate of drug-likeness (QED) is 0.784. The fraction of sp³-hybridized carbons (Fsp3) is 1.00. The normalized spacial score (nSPS) is 53.1. The highest BCUT2D eigenvalue weighted by Gasteiger charge is 2.67. The molecule has 5 rings (SSSR count). The van der Waals surface area contributed by atoms with Gasteiger partial charge in [0, 0.05) is 29.4 Å². The molecule has 0 heterocycles. The summed E-state index contributed by atoms with van der Waals surface area (Å²) in [4.78, 5) is 2.39. The molecule has 3 nitrogen and oxygen atoms in total. The van der Waals surface area contributed by atoms with Gasteiger partial charge >= 0.3 is 0 Å². The molecule has 0 radical (unpaired) electrons. The number of hydrogen-bond donors (Lipinski definition) is 1. The number of nitrogens with zero attached hydrogens (tertiary/aromatic N) is 1. The Labute approximate surface area is 169 Å². The number of aliphatic hydroxyl groups is 1. The van der Waals surface area contributed by atoms with E-state index in [0.717, 1.165) is 5.92 Å². The van der Waals surface area contributed by atoms with E-state index in [2.05, 4.69) is 32.8 Å². The van der Waals surface area contributed by atoms with Gasteiger partial charge in [-0.25, -0.2) is 0 Å². The minimum atomic E-state index is -0.804. The highest BCUT2D eigenvalue weighted by molar-refractivity contribution is 7.84. The molecule has 0 saturated heterocycles. The largest absolute Gasteiger partial charge is 0.392 e. The van der Waals surface area contributed by atoms with Crippen LogP contribution in [0.25, 0.3) is 0 Å². The minimum absolute atomic E-state index is 0.112. The zero-order valence-corrected chi connectivity index (χ0v) is 19.0. The summed E-state index contributed by atoms with van der Waals surface area (Å²) in [7, 11) is 3.65. The van der Waals surface area contributed by atoms with Crippen LogP contribution in [0.4, 0.5) is 0 Å². The molecule has 5 fully saturated rings. The first-order valence-corrected chi connectivity index (χ1v) is 13.0. The van der Waals surface area contributed by atoms with Crippen molar-refractivity contribution < 1.29 is 9.32 Å². The molecular weight excluding hydrogens is 354 g/mol. The highest BCUT2D eigenvalue weighted by Crippen LogP contribution is 2.72. The van der Waals surface area contributed by atoms with Crippen molar-refractivity contribution in [1.82, 2.24) is 4.90 Å². The van der Waals surface area contributed by atoms with Crippen molar-refractivity contribution in [3.63, 3.8) is 0 Å². The van der Waals surface area contributed by atoms with Crippen LogP contribution in [0.3, 0.4) is 0 Å². The van der Waals surface area contributed by atoms with E-state index in [9.17, 15) is 9.32 Å². The lowest BCUT2D eigenvalue weighted by Gasteiger charge is -2.70. The third-order valence-corrected chi connectivity index (χ3v) is 10.6. The topological polar surface area (TPSA) is 40.5 Å². The maximum absolute atomic E-state index is 12.0. The van der Waals surface area contributed by atoms with Gasteiger partial charge in [0.05, 0.1) is 6.10 Å². The second-order valence-electron chi connectivity index (χ2n) is 11.5. The van der Waals surface area contributed by atoms with Gasteiger partial charge in [-0.05, 0) is 99.0 Å². The van der Waals surface area contributed by atoms with Gasteiger partial charge in [-0.1, -0.05) is 20.3 Å². The molecule has 0 aliphatic heterocycles. The Morgan fingerprint density at radius 2 is 1.78 bits per heavy atom. The zero-order chi connectivity index (χ0) is 19.6. The van der Waals surface area contributed by atoms with Crippen molar-refractivity contribution in [3.8, 4) is 0 Å². The molecule has 5 aliphatic rings. The molecule has 0 amide bonds. The molecule has 4 heteroatoms. The second-order valence-corrected chi connectivity index (χ2v) is 13.0. The molecule has 27 heavy (non-hydrogen) atoms. The van der Waals surface area contributed by atoms with Crippen molar-refractivity contribution in [2.24, 2.45) is 39.9 Å². The van der Waals surface area contributed by atoms with Gasteiger partial charge in [-0.15, -0.1) is 0 Å². The van der Waals surface area contributed by atoms with Crippen molar-refractivity contribution in [2.75, 3.05) is 32.6 Å². The maximum Gasteiger partial charge on any atom is 0.0638 e. The Morgan fingerprint density at radius 3 is 2.44 bits per heavy atom. The summed E-state index contributed by atoms with van der Waals surface area (Å²) in [6.45, 7) is 6.33. The smallest absolute Gasteiger partial charge is 0.0638 e. The minimum Gasteiger partial charge on any atom is -0.392 e. The van der Waals surface area contributed by atoms with E-state index in [1.54, 1.807) is 0 Å². The molecule has 0 aromatic rings. The van der Waals surface area contributed by atoms with Crippen molar-refractivity contribution in [2.45, 2.75) is 71.3 Å². The van der Waals surface area contributed by atoms with Crippen LogP contribution in [-0.4, -0.2) is 53.0 Å². The molecule has 1 unspecified atom stereocenters. The Morgan fingerprint density at radius 1 is 1.07 bits per heavy atom. The van der Waals surface area contributed by atoms with Crippen LogP contribution in [0.1, 0.15) is 65.2 Å². The standard InChI is InChI=1S/C23H41NO2S/c1-21(15-24(3)4)9-6-10-22(2)18(21)8-12-23-11-7-16(13-19(22)23)17(20(23)25)14-27(5)26/h16-20,25H,6-15H2,1-5H3/t16-,17+,18-,19+,20-,21+,22-,23+,27?/m1/s1. The van der Waals surface area contributed by atoms with Crippen molar-refractivity contribution in [1.29, 1.82) is 0 Å². The summed E-state index contributed by atoms with van der Waals surface area (Å²) in [6, 6.07) is 0. The monoisotopic (exact) mass is 395 g/mol. The average Bonchev–Trinajstić information content (AvgIpc) is 2.56. The van der Waals surface area contributed by atoms with Gasteiger partial charge in [0.25, 0.3) is 0 Å². The van der Waals surface area contributed by atoms with Gasteiger partial charge in [0.15, 0.2) is 0 Å². The molecule has 1 N–H and O–H groups in total. The summed E-state index contributed by atoms with van der Waals surface area (Å²) in [5.74, 6) is 3.02.